The van der Waals surface area contributed by atoms with Gasteiger partial charge in [-0.1, -0.05) is 93.4 Å². The molecule has 96 valence electrons. The molecule has 1 fully saturated rings. The predicted molar refractivity (Wildman–Crippen MR) is 75.5 cm³/mol. The van der Waals surface area contributed by atoms with Gasteiger partial charge in [0.15, 0.2) is 0 Å². The first-order chi connectivity index (χ1) is 7.31. The van der Waals surface area contributed by atoms with E-state index in [0.29, 0.717) is 0 Å². The molecule has 1 rings (SSSR count). The van der Waals surface area contributed by atoms with Crippen molar-refractivity contribution in [3.05, 3.63) is 0 Å². The highest BCUT2D eigenvalue weighted by Gasteiger charge is 2.05. The maximum absolute atomic E-state index is 2.38. The van der Waals surface area contributed by atoms with Gasteiger partial charge >= 0.3 is 0 Å². The van der Waals surface area contributed by atoms with Crippen LogP contribution in [-0.4, -0.2) is 0 Å². The Balaban J connectivity index is -0.000000176. The smallest absolute Gasteiger partial charge is 0.0443 e. The van der Waals surface area contributed by atoms with Gasteiger partial charge in [0.25, 0.3) is 0 Å². The molecule has 0 radical (unpaired) electrons. The van der Waals surface area contributed by atoms with Crippen LogP contribution >= 0.6 is 0 Å². The number of hydrogen-bond donors (Lipinski definition) is 0. The van der Waals surface area contributed by atoms with Gasteiger partial charge in [-0.05, 0) is 5.92 Å². The summed E-state index contributed by atoms with van der Waals surface area (Å²) in [5.74, 6) is 1.03. The van der Waals surface area contributed by atoms with Gasteiger partial charge in [0.2, 0.25) is 0 Å². The molecule has 0 heteroatoms. The Kier molecular flexibility index (Phi) is 32.2. The van der Waals surface area contributed by atoms with E-state index in [-0.39, 0.29) is 0 Å². The monoisotopic (exact) mass is 216 g/mol. The Bertz CT molecular complexity index is 58.4. The topological polar surface area (TPSA) is 0 Å². The van der Waals surface area contributed by atoms with Crippen molar-refractivity contribution >= 4 is 0 Å². The molecule has 0 nitrogen and oxygen atoms in total. The second-order valence-electron chi connectivity index (χ2n) is 3.80. The highest BCUT2D eigenvalue weighted by atomic mass is 14.1. The molecule has 0 aliphatic heterocycles. The molecule has 0 aromatic rings. The molecule has 0 N–H and O–H groups in total. The first-order valence-corrected chi connectivity index (χ1v) is 7.31. The molecule has 0 heterocycles. The molecule has 0 aromatic heterocycles. The highest BCUT2D eigenvalue weighted by Crippen LogP contribution is 2.21. The van der Waals surface area contributed by atoms with E-state index in [2.05, 4.69) is 20.8 Å². The van der Waals surface area contributed by atoms with Crippen molar-refractivity contribution in [3.8, 4) is 0 Å². The predicted octanol–water partition coefficient (Wildman–Crippen LogP) is 6.45. The minimum atomic E-state index is 1.03. The van der Waals surface area contributed by atoms with Gasteiger partial charge in [-0.2, -0.15) is 0 Å². The maximum Gasteiger partial charge on any atom is -0.0443 e. The molecule has 1 saturated carbocycles. The molecule has 0 bridgehead atoms. The van der Waals surface area contributed by atoms with Gasteiger partial charge in [-0.15, -0.1) is 0 Å². The lowest BCUT2D eigenvalue weighted by Crippen LogP contribution is -1.88. The van der Waals surface area contributed by atoms with E-state index in [0.717, 1.165) is 5.92 Å². The highest BCUT2D eigenvalue weighted by molar-refractivity contribution is 4.58. The summed E-state index contributed by atoms with van der Waals surface area (Å²) in [5, 5.41) is 0. The zero-order valence-electron chi connectivity index (χ0n) is 12.5. The normalized spacial score (nSPS) is 15.4. The summed E-state index contributed by atoms with van der Waals surface area (Å²) in [6.07, 6.45) is 10.2. The summed E-state index contributed by atoms with van der Waals surface area (Å²) < 4.78 is 0. The van der Waals surface area contributed by atoms with Crippen molar-refractivity contribution in [3.63, 3.8) is 0 Å². The van der Waals surface area contributed by atoms with Gasteiger partial charge < -0.3 is 0 Å². The molecular weight excluding hydrogens is 180 g/mol. The van der Waals surface area contributed by atoms with Crippen LogP contribution in [0.2, 0.25) is 0 Å². The largest absolute Gasteiger partial charge is 0.0683 e. The molecule has 0 amide bonds. The number of rotatable bonds is 0. The Morgan fingerprint density at radius 1 is 0.733 bits per heavy atom. The standard InChI is InChI=1S/C8H16.C3H8.2C2H6/c1-8-6-4-2-3-5-7-8;1-3-2;2*1-2/h8H,2-7H2,1H3;3H2,1-2H3;2*1-2H3. The fraction of sp³-hybridized carbons (Fsp3) is 1.00. The lowest BCUT2D eigenvalue weighted by atomic mass is 10.0. The summed E-state index contributed by atoms with van der Waals surface area (Å²) in [7, 11) is 0. The minimum absolute atomic E-state index is 1.03. The second kappa shape index (κ2) is 23.7. The summed E-state index contributed by atoms with van der Waals surface area (Å²) in [4.78, 5) is 0. The summed E-state index contributed by atoms with van der Waals surface area (Å²) >= 11 is 0. The number of hydrogen-bond acceptors (Lipinski definition) is 0. The van der Waals surface area contributed by atoms with E-state index >= 15 is 0 Å². The van der Waals surface area contributed by atoms with Crippen LogP contribution in [0.4, 0.5) is 0 Å². The molecule has 0 spiro atoms. The molecule has 15 heavy (non-hydrogen) atoms. The quantitative estimate of drug-likeness (QED) is 0.408. The molecule has 1 aliphatic carbocycles. The zero-order valence-corrected chi connectivity index (χ0v) is 12.5. The Morgan fingerprint density at radius 3 is 1.27 bits per heavy atom. The van der Waals surface area contributed by atoms with Crippen molar-refractivity contribution in [2.24, 2.45) is 5.92 Å². The van der Waals surface area contributed by atoms with Gasteiger partial charge in [0.1, 0.15) is 0 Å². The summed E-state index contributed by atoms with van der Waals surface area (Å²) in [6.45, 7) is 14.6. The van der Waals surface area contributed by atoms with Crippen LogP contribution in [0.3, 0.4) is 0 Å². The van der Waals surface area contributed by atoms with E-state index in [4.69, 9.17) is 0 Å². The summed E-state index contributed by atoms with van der Waals surface area (Å²) in [5.41, 5.74) is 0. The molecule has 0 unspecified atom stereocenters. The zero-order chi connectivity index (χ0) is 12.5. The van der Waals surface area contributed by atoms with Crippen LogP contribution < -0.4 is 0 Å². The van der Waals surface area contributed by atoms with Crippen molar-refractivity contribution < 1.29 is 0 Å². The molecular formula is C15H36. The van der Waals surface area contributed by atoms with Crippen LogP contribution in [-0.2, 0) is 0 Å². The minimum Gasteiger partial charge on any atom is -0.0683 e. The van der Waals surface area contributed by atoms with Gasteiger partial charge in [0.05, 0.1) is 0 Å². The molecule has 0 aromatic carbocycles. The Hall–Kier alpha value is 0. The maximum atomic E-state index is 2.38. The second-order valence-corrected chi connectivity index (χ2v) is 3.80. The molecule has 0 saturated heterocycles. The van der Waals surface area contributed by atoms with Crippen molar-refractivity contribution in [2.45, 2.75) is 93.4 Å². The van der Waals surface area contributed by atoms with Crippen LogP contribution in [0.1, 0.15) is 93.4 Å². The van der Waals surface area contributed by atoms with Crippen LogP contribution in [0.15, 0.2) is 0 Å². The molecule has 0 atom stereocenters. The Morgan fingerprint density at radius 2 is 1.00 bits per heavy atom. The Labute approximate surface area is 99.9 Å². The van der Waals surface area contributed by atoms with Crippen LogP contribution in [0.5, 0.6) is 0 Å². The van der Waals surface area contributed by atoms with Gasteiger partial charge in [-0.25, -0.2) is 0 Å². The van der Waals surface area contributed by atoms with Crippen LogP contribution in [0.25, 0.3) is 0 Å². The lowest BCUT2D eigenvalue weighted by Gasteiger charge is -2.02. The van der Waals surface area contributed by atoms with Crippen LogP contribution in [0, 0.1) is 5.92 Å². The fourth-order valence-corrected chi connectivity index (χ4v) is 1.48. The third-order valence-electron chi connectivity index (χ3n) is 2.14. The van der Waals surface area contributed by atoms with Gasteiger partial charge in [0, 0.05) is 0 Å². The van der Waals surface area contributed by atoms with Crippen molar-refractivity contribution in [1.82, 2.24) is 0 Å². The van der Waals surface area contributed by atoms with E-state index in [1.165, 1.54) is 44.9 Å². The lowest BCUT2D eigenvalue weighted by molar-refractivity contribution is 0.505. The van der Waals surface area contributed by atoms with E-state index < -0.39 is 0 Å². The summed E-state index contributed by atoms with van der Waals surface area (Å²) in [6, 6.07) is 0. The average Bonchev–Trinajstić information content (AvgIpc) is 2.53. The first kappa shape index (κ1) is 20.4. The third kappa shape index (κ3) is 24.9. The van der Waals surface area contributed by atoms with E-state index in [9.17, 15) is 0 Å². The first-order valence-electron chi connectivity index (χ1n) is 7.31. The SMILES string of the molecule is CC.CC.CC1CCCCCC1.CCC. The molecule has 1 aliphatic rings. The van der Waals surface area contributed by atoms with Gasteiger partial charge in [-0.3, -0.25) is 0 Å². The third-order valence-corrected chi connectivity index (χ3v) is 2.14. The van der Waals surface area contributed by atoms with Crippen molar-refractivity contribution in [1.29, 1.82) is 0 Å². The van der Waals surface area contributed by atoms with E-state index in [1.807, 2.05) is 27.7 Å². The van der Waals surface area contributed by atoms with E-state index in [1.54, 1.807) is 0 Å². The average molecular weight is 216 g/mol. The van der Waals surface area contributed by atoms with Crippen molar-refractivity contribution in [2.75, 3.05) is 0 Å². The fourth-order valence-electron chi connectivity index (χ4n) is 1.48.